The van der Waals surface area contributed by atoms with Gasteiger partial charge in [-0.2, -0.15) is 0 Å². The Hall–Kier alpha value is -1.13. The molecule has 0 saturated carbocycles. The molecule has 3 heterocycles. The van der Waals surface area contributed by atoms with Crippen LogP contribution in [0, 0.1) is 0 Å². The first-order chi connectivity index (χ1) is 8.24. The molecular weight excluding hydrogens is 236 g/mol. The second-order valence-corrected chi connectivity index (χ2v) is 5.15. The molecule has 1 aliphatic heterocycles. The smallest absolute Gasteiger partial charge is 0.162 e. The highest BCUT2D eigenvalue weighted by atomic mass is 35.5. The number of aromatic nitrogens is 3. The van der Waals surface area contributed by atoms with Gasteiger partial charge in [-0.25, -0.2) is 0 Å². The van der Waals surface area contributed by atoms with Crippen molar-refractivity contribution in [2.45, 2.75) is 18.8 Å². The second kappa shape index (κ2) is 4.27. The van der Waals surface area contributed by atoms with Gasteiger partial charge in [-0.3, -0.25) is 4.40 Å². The minimum Gasteiger partial charge on any atom is -0.306 e. The summed E-state index contributed by atoms with van der Waals surface area (Å²) in [5.41, 5.74) is 0.839. The van der Waals surface area contributed by atoms with Gasteiger partial charge in [0, 0.05) is 23.2 Å². The average molecular weight is 251 g/mol. The zero-order chi connectivity index (χ0) is 11.8. The topological polar surface area (TPSA) is 33.4 Å². The molecule has 2 aromatic rings. The van der Waals surface area contributed by atoms with Crippen LogP contribution in [0.15, 0.2) is 18.3 Å². The van der Waals surface area contributed by atoms with Crippen LogP contribution in [0.5, 0.6) is 0 Å². The molecule has 0 aliphatic carbocycles. The van der Waals surface area contributed by atoms with E-state index >= 15 is 0 Å². The number of nitrogens with zero attached hydrogens (tertiary/aromatic N) is 4. The summed E-state index contributed by atoms with van der Waals surface area (Å²) in [5, 5.41) is 9.22. The van der Waals surface area contributed by atoms with Crippen LogP contribution in [0.2, 0.25) is 5.02 Å². The summed E-state index contributed by atoms with van der Waals surface area (Å²) in [6.45, 7) is 2.26. The van der Waals surface area contributed by atoms with Crippen molar-refractivity contribution in [3.05, 3.63) is 29.2 Å². The van der Waals surface area contributed by atoms with Gasteiger partial charge in [0.1, 0.15) is 5.82 Å². The van der Waals surface area contributed by atoms with Crippen molar-refractivity contribution in [3.63, 3.8) is 0 Å². The van der Waals surface area contributed by atoms with Gasteiger partial charge in [0.2, 0.25) is 0 Å². The van der Waals surface area contributed by atoms with Crippen LogP contribution in [0.3, 0.4) is 0 Å². The van der Waals surface area contributed by atoms with Gasteiger partial charge in [-0.05, 0) is 39.0 Å². The monoisotopic (exact) mass is 250 g/mol. The third-order valence-corrected chi connectivity index (χ3v) is 3.72. The number of piperidine rings is 1. The lowest BCUT2D eigenvalue weighted by Crippen LogP contribution is -2.29. The molecule has 1 fully saturated rings. The van der Waals surface area contributed by atoms with Gasteiger partial charge < -0.3 is 4.90 Å². The van der Waals surface area contributed by atoms with Crippen molar-refractivity contribution in [2.75, 3.05) is 20.1 Å². The van der Waals surface area contributed by atoms with E-state index in [0.29, 0.717) is 10.9 Å². The van der Waals surface area contributed by atoms with Crippen molar-refractivity contribution in [2.24, 2.45) is 0 Å². The molecule has 2 aromatic heterocycles. The first-order valence-corrected chi connectivity index (χ1v) is 6.30. The molecule has 1 aliphatic rings. The molecule has 3 rings (SSSR count). The fourth-order valence-corrected chi connectivity index (χ4v) is 2.58. The van der Waals surface area contributed by atoms with Gasteiger partial charge in [0.25, 0.3) is 0 Å². The summed E-state index contributed by atoms with van der Waals surface area (Å²) >= 11 is 5.95. The first-order valence-electron chi connectivity index (χ1n) is 5.93. The summed E-state index contributed by atoms with van der Waals surface area (Å²) in [4.78, 5) is 2.36. The van der Waals surface area contributed by atoms with E-state index in [2.05, 4.69) is 26.5 Å². The molecule has 1 saturated heterocycles. The molecular formula is C12H15ClN4. The molecule has 0 spiro atoms. The fraction of sp³-hybridized carbons (Fsp3) is 0.500. The van der Waals surface area contributed by atoms with Crippen LogP contribution in [0.4, 0.5) is 0 Å². The van der Waals surface area contributed by atoms with Gasteiger partial charge in [-0.1, -0.05) is 11.6 Å². The summed E-state index contributed by atoms with van der Waals surface area (Å²) in [6.07, 6.45) is 4.27. The Morgan fingerprint density at radius 1 is 1.29 bits per heavy atom. The number of pyridine rings is 1. The summed E-state index contributed by atoms with van der Waals surface area (Å²) < 4.78 is 2.06. The molecule has 0 radical (unpaired) electrons. The SMILES string of the molecule is CN1CCC(c2nnc3cc(Cl)ccn23)CC1. The highest BCUT2D eigenvalue weighted by molar-refractivity contribution is 6.30. The third kappa shape index (κ3) is 2.03. The van der Waals surface area contributed by atoms with E-state index in [1.165, 1.54) is 0 Å². The molecule has 0 bridgehead atoms. The van der Waals surface area contributed by atoms with Crippen LogP contribution < -0.4 is 0 Å². The number of hydrogen-bond donors (Lipinski definition) is 0. The average Bonchev–Trinajstić information content (AvgIpc) is 2.73. The number of halogens is 1. The fourth-order valence-electron chi connectivity index (χ4n) is 2.43. The summed E-state index contributed by atoms with van der Waals surface area (Å²) in [6, 6.07) is 3.74. The predicted octanol–water partition coefficient (Wildman–Crippen LogP) is 2.19. The van der Waals surface area contributed by atoms with Crippen LogP contribution >= 0.6 is 11.6 Å². The maximum atomic E-state index is 5.95. The highest BCUT2D eigenvalue weighted by Crippen LogP contribution is 2.26. The van der Waals surface area contributed by atoms with Crippen LogP contribution in [0.25, 0.3) is 5.65 Å². The Morgan fingerprint density at radius 3 is 2.82 bits per heavy atom. The third-order valence-electron chi connectivity index (χ3n) is 3.48. The Balaban J connectivity index is 1.95. The minimum absolute atomic E-state index is 0.516. The Labute approximate surface area is 105 Å². The van der Waals surface area contributed by atoms with E-state index in [9.17, 15) is 0 Å². The molecule has 0 atom stereocenters. The molecule has 0 aromatic carbocycles. The van der Waals surface area contributed by atoms with Gasteiger partial charge in [0.05, 0.1) is 0 Å². The molecule has 4 nitrogen and oxygen atoms in total. The Kier molecular flexibility index (Phi) is 2.76. The number of fused-ring (bicyclic) bond motifs is 1. The lowest BCUT2D eigenvalue weighted by atomic mass is 9.96. The molecule has 90 valence electrons. The molecule has 5 heteroatoms. The van der Waals surface area contributed by atoms with Gasteiger partial charge >= 0.3 is 0 Å². The van der Waals surface area contributed by atoms with E-state index in [1.54, 1.807) is 0 Å². The van der Waals surface area contributed by atoms with E-state index in [1.807, 2.05) is 18.3 Å². The molecule has 17 heavy (non-hydrogen) atoms. The lowest BCUT2D eigenvalue weighted by Gasteiger charge is -2.27. The number of likely N-dealkylation sites (tertiary alicyclic amines) is 1. The lowest BCUT2D eigenvalue weighted by molar-refractivity contribution is 0.250. The number of hydrogen-bond acceptors (Lipinski definition) is 3. The number of rotatable bonds is 1. The molecule has 0 unspecified atom stereocenters. The summed E-state index contributed by atoms with van der Waals surface area (Å²) in [7, 11) is 2.16. The van der Waals surface area contributed by atoms with E-state index in [0.717, 1.165) is 37.4 Å². The van der Waals surface area contributed by atoms with Gasteiger partial charge in [0.15, 0.2) is 5.65 Å². The molecule has 0 amide bonds. The van der Waals surface area contributed by atoms with Crippen molar-refractivity contribution in [1.29, 1.82) is 0 Å². The minimum atomic E-state index is 0.516. The maximum Gasteiger partial charge on any atom is 0.162 e. The molecule has 0 N–H and O–H groups in total. The standard InChI is InChI=1S/C12H15ClN4/c1-16-5-2-9(3-6-16)12-15-14-11-8-10(13)4-7-17(11)12/h4,7-9H,2-3,5-6H2,1H3. The largest absolute Gasteiger partial charge is 0.306 e. The quantitative estimate of drug-likeness (QED) is 0.778. The van der Waals surface area contributed by atoms with E-state index in [4.69, 9.17) is 11.6 Å². The van der Waals surface area contributed by atoms with Crippen LogP contribution in [0.1, 0.15) is 24.6 Å². The van der Waals surface area contributed by atoms with Crippen molar-refractivity contribution in [3.8, 4) is 0 Å². The van der Waals surface area contributed by atoms with E-state index < -0.39 is 0 Å². The van der Waals surface area contributed by atoms with E-state index in [-0.39, 0.29) is 0 Å². The normalized spacial score (nSPS) is 18.9. The highest BCUT2D eigenvalue weighted by Gasteiger charge is 2.22. The van der Waals surface area contributed by atoms with Crippen molar-refractivity contribution >= 4 is 17.2 Å². The van der Waals surface area contributed by atoms with Crippen LogP contribution in [-0.4, -0.2) is 39.6 Å². The van der Waals surface area contributed by atoms with Gasteiger partial charge in [-0.15, -0.1) is 10.2 Å². The predicted molar refractivity (Wildman–Crippen MR) is 67.5 cm³/mol. The van der Waals surface area contributed by atoms with Crippen LogP contribution in [-0.2, 0) is 0 Å². The zero-order valence-electron chi connectivity index (χ0n) is 9.80. The second-order valence-electron chi connectivity index (χ2n) is 4.71. The maximum absolute atomic E-state index is 5.95. The van der Waals surface area contributed by atoms with Crippen molar-refractivity contribution < 1.29 is 0 Å². The Morgan fingerprint density at radius 2 is 2.06 bits per heavy atom. The van der Waals surface area contributed by atoms with Crippen molar-refractivity contribution in [1.82, 2.24) is 19.5 Å². The zero-order valence-corrected chi connectivity index (χ0v) is 10.6. The first kappa shape index (κ1) is 11.0. The summed E-state index contributed by atoms with van der Waals surface area (Å²) in [5.74, 6) is 1.59. The Bertz CT molecular complexity index is 528.